The lowest BCUT2D eigenvalue weighted by Crippen LogP contribution is -2.04. The van der Waals surface area contributed by atoms with Crippen molar-refractivity contribution in [2.45, 2.75) is 39.0 Å². The summed E-state index contributed by atoms with van der Waals surface area (Å²) >= 11 is 0. The normalized spacial score (nSPS) is 12.1. The van der Waals surface area contributed by atoms with E-state index < -0.39 is 0 Å². The molecule has 88 valence electrons. The Hall–Kier alpha value is -1.38. The summed E-state index contributed by atoms with van der Waals surface area (Å²) in [7, 11) is 0. The molecule has 0 N–H and O–H groups in total. The minimum atomic E-state index is -0.0931. The first kappa shape index (κ1) is 12.7. The molecule has 0 fully saturated rings. The number of hydrogen-bond donors (Lipinski definition) is 0. The van der Waals surface area contributed by atoms with Gasteiger partial charge in [0.25, 0.3) is 0 Å². The van der Waals surface area contributed by atoms with Crippen LogP contribution >= 0.6 is 0 Å². The van der Waals surface area contributed by atoms with Crippen LogP contribution in [0.15, 0.2) is 24.5 Å². The molecule has 0 aliphatic rings. The fourth-order valence-corrected chi connectivity index (χ4v) is 1.64. The molecule has 3 heteroatoms. The number of pyridine rings is 1. The predicted molar refractivity (Wildman–Crippen MR) is 63.1 cm³/mol. The second-order valence-corrected chi connectivity index (χ2v) is 3.88. The van der Waals surface area contributed by atoms with E-state index in [0.717, 1.165) is 12.8 Å². The van der Waals surface area contributed by atoms with E-state index in [4.69, 9.17) is 4.74 Å². The molecule has 0 saturated heterocycles. The molecule has 0 aliphatic carbocycles. The zero-order valence-electron chi connectivity index (χ0n) is 9.98. The molecule has 0 bridgehead atoms. The van der Waals surface area contributed by atoms with Crippen LogP contribution in [0.3, 0.4) is 0 Å². The molecule has 0 aliphatic heterocycles. The number of aromatic nitrogens is 1. The van der Waals surface area contributed by atoms with Crippen LogP contribution in [-0.4, -0.2) is 17.6 Å². The molecular formula is C13H19NO2. The largest absolute Gasteiger partial charge is 0.466 e. The van der Waals surface area contributed by atoms with Gasteiger partial charge in [0.05, 0.1) is 6.61 Å². The fourth-order valence-electron chi connectivity index (χ4n) is 1.64. The van der Waals surface area contributed by atoms with Crippen molar-refractivity contribution in [2.24, 2.45) is 0 Å². The number of carbonyl (C=O) groups excluding carboxylic acids is 1. The molecule has 0 saturated carbocycles. The first-order chi connectivity index (χ1) is 7.74. The second kappa shape index (κ2) is 6.99. The maximum absolute atomic E-state index is 11.1. The number of rotatable bonds is 6. The zero-order chi connectivity index (χ0) is 11.8. The summed E-state index contributed by atoms with van der Waals surface area (Å²) in [5, 5.41) is 0. The molecule has 0 radical (unpaired) electrons. The van der Waals surface area contributed by atoms with Crippen molar-refractivity contribution in [1.82, 2.24) is 4.98 Å². The van der Waals surface area contributed by atoms with Crippen LogP contribution in [0.1, 0.15) is 44.6 Å². The molecule has 1 aromatic heterocycles. The number of esters is 1. The van der Waals surface area contributed by atoms with E-state index in [1.165, 1.54) is 5.56 Å². The molecule has 1 atom stereocenters. The first-order valence-electron chi connectivity index (χ1n) is 5.79. The lowest BCUT2D eigenvalue weighted by molar-refractivity contribution is -0.143. The molecule has 1 rings (SSSR count). The molecule has 3 nitrogen and oxygen atoms in total. The zero-order valence-corrected chi connectivity index (χ0v) is 9.98. The van der Waals surface area contributed by atoms with Gasteiger partial charge in [0.2, 0.25) is 0 Å². The van der Waals surface area contributed by atoms with Gasteiger partial charge < -0.3 is 4.74 Å². The molecule has 1 unspecified atom stereocenters. The lowest BCUT2D eigenvalue weighted by atomic mass is 9.96. The van der Waals surface area contributed by atoms with Gasteiger partial charge >= 0.3 is 5.97 Å². The quantitative estimate of drug-likeness (QED) is 0.693. The Morgan fingerprint density at radius 1 is 1.44 bits per heavy atom. The van der Waals surface area contributed by atoms with E-state index in [9.17, 15) is 4.79 Å². The Balaban J connectivity index is 2.26. The van der Waals surface area contributed by atoms with Crippen molar-refractivity contribution in [3.8, 4) is 0 Å². The van der Waals surface area contributed by atoms with Crippen LogP contribution in [0, 0.1) is 0 Å². The van der Waals surface area contributed by atoms with E-state index in [0.29, 0.717) is 18.9 Å². The summed E-state index contributed by atoms with van der Waals surface area (Å²) in [6.45, 7) is 4.47. The molecule has 0 spiro atoms. The van der Waals surface area contributed by atoms with E-state index in [1.54, 1.807) is 12.4 Å². The Morgan fingerprint density at radius 3 is 2.75 bits per heavy atom. The highest BCUT2D eigenvalue weighted by Crippen LogP contribution is 2.20. The number of carbonyl (C=O) groups is 1. The summed E-state index contributed by atoms with van der Waals surface area (Å²) in [6, 6.07) is 4.05. The van der Waals surface area contributed by atoms with E-state index >= 15 is 0 Å². The monoisotopic (exact) mass is 221 g/mol. The summed E-state index contributed by atoms with van der Waals surface area (Å²) in [6.07, 6.45) is 6.00. The summed E-state index contributed by atoms with van der Waals surface area (Å²) in [4.78, 5) is 15.1. The first-order valence-corrected chi connectivity index (χ1v) is 5.79. The van der Waals surface area contributed by atoms with Gasteiger partial charge in [0, 0.05) is 18.8 Å². The van der Waals surface area contributed by atoms with Crippen molar-refractivity contribution in [1.29, 1.82) is 0 Å². The number of ether oxygens (including phenoxy) is 1. The van der Waals surface area contributed by atoms with Crippen LogP contribution in [0.5, 0.6) is 0 Å². The van der Waals surface area contributed by atoms with Crippen molar-refractivity contribution >= 4 is 5.97 Å². The third-order valence-corrected chi connectivity index (χ3v) is 2.60. The molecule has 1 aromatic rings. The maximum atomic E-state index is 11.1. The Bertz CT molecular complexity index is 311. The lowest BCUT2D eigenvalue weighted by Gasteiger charge is -2.10. The average molecular weight is 221 g/mol. The third-order valence-electron chi connectivity index (χ3n) is 2.60. The molecule has 1 heterocycles. The third kappa shape index (κ3) is 4.43. The Labute approximate surface area is 96.8 Å². The van der Waals surface area contributed by atoms with E-state index in [2.05, 4.69) is 11.9 Å². The summed E-state index contributed by atoms with van der Waals surface area (Å²) < 4.78 is 4.88. The maximum Gasteiger partial charge on any atom is 0.305 e. The van der Waals surface area contributed by atoms with Crippen LogP contribution in [0.2, 0.25) is 0 Å². The van der Waals surface area contributed by atoms with Crippen molar-refractivity contribution in [2.75, 3.05) is 6.61 Å². The molecular weight excluding hydrogens is 202 g/mol. The second-order valence-electron chi connectivity index (χ2n) is 3.88. The van der Waals surface area contributed by atoms with Gasteiger partial charge in [0.1, 0.15) is 0 Å². The molecule has 16 heavy (non-hydrogen) atoms. The predicted octanol–water partition coefficient (Wildman–Crippen LogP) is 2.92. The van der Waals surface area contributed by atoms with E-state index in [-0.39, 0.29) is 5.97 Å². The van der Waals surface area contributed by atoms with Crippen LogP contribution in [0.25, 0.3) is 0 Å². The highest BCUT2D eigenvalue weighted by atomic mass is 16.5. The summed E-state index contributed by atoms with van der Waals surface area (Å²) in [5.74, 6) is 0.377. The smallest absolute Gasteiger partial charge is 0.305 e. The Morgan fingerprint density at radius 2 is 2.12 bits per heavy atom. The van der Waals surface area contributed by atoms with Gasteiger partial charge in [0.15, 0.2) is 0 Å². The minimum absolute atomic E-state index is 0.0931. The topological polar surface area (TPSA) is 39.2 Å². The summed E-state index contributed by atoms with van der Waals surface area (Å²) in [5.41, 5.74) is 1.28. The number of nitrogens with zero attached hydrogens (tertiary/aromatic N) is 1. The van der Waals surface area contributed by atoms with Crippen LogP contribution < -0.4 is 0 Å². The number of hydrogen-bond acceptors (Lipinski definition) is 3. The van der Waals surface area contributed by atoms with Crippen molar-refractivity contribution in [3.63, 3.8) is 0 Å². The average Bonchev–Trinajstić information content (AvgIpc) is 2.30. The highest BCUT2D eigenvalue weighted by Gasteiger charge is 2.07. The molecule has 0 aromatic carbocycles. The Kier molecular flexibility index (Phi) is 5.54. The standard InChI is InChI=1S/C13H19NO2/c1-3-16-13(15)6-4-5-11(2)12-7-9-14-10-8-12/h7-11H,3-6H2,1-2H3. The van der Waals surface area contributed by atoms with Crippen molar-refractivity contribution < 1.29 is 9.53 Å². The van der Waals surface area contributed by atoms with Gasteiger partial charge in [-0.2, -0.15) is 0 Å². The van der Waals surface area contributed by atoms with Crippen molar-refractivity contribution in [3.05, 3.63) is 30.1 Å². The van der Waals surface area contributed by atoms with Crippen LogP contribution in [0.4, 0.5) is 0 Å². The molecule has 0 amide bonds. The van der Waals surface area contributed by atoms with Gasteiger partial charge in [-0.15, -0.1) is 0 Å². The highest BCUT2D eigenvalue weighted by molar-refractivity contribution is 5.69. The fraction of sp³-hybridized carbons (Fsp3) is 0.538. The van der Waals surface area contributed by atoms with E-state index in [1.807, 2.05) is 19.1 Å². The van der Waals surface area contributed by atoms with Gasteiger partial charge in [-0.3, -0.25) is 9.78 Å². The van der Waals surface area contributed by atoms with Gasteiger partial charge in [-0.25, -0.2) is 0 Å². The van der Waals surface area contributed by atoms with Gasteiger partial charge in [-0.05, 0) is 43.4 Å². The minimum Gasteiger partial charge on any atom is -0.466 e. The van der Waals surface area contributed by atoms with Gasteiger partial charge in [-0.1, -0.05) is 6.92 Å². The van der Waals surface area contributed by atoms with Crippen LogP contribution in [-0.2, 0) is 9.53 Å². The SMILES string of the molecule is CCOC(=O)CCCC(C)c1ccncc1.